The van der Waals surface area contributed by atoms with E-state index in [1.807, 2.05) is 43.1 Å². The number of aromatic nitrogens is 5. The number of halogens is 3. The van der Waals surface area contributed by atoms with Gasteiger partial charge in [0.1, 0.15) is 29.8 Å². The molecule has 54 heavy (non-hydrogen) atoms. The number of likely N-dealkylation sites (tertiary alicyclic amines) is 1. The van der Waals surface area contributed by atoms with Gasteiger partial charge in [-0.25, -0.2) is 8.78 Å². The van der Waals surface area contributed by atoms with Crippen LogP contribution in [0.3, 0.4) is 0 Å². The molecular formula is C39H39ClF2N8O4. The second-order valence-corrected chi connectivity index (χ2v) is 15.6. The van der Waals surface area contributed by atoms with Crippen molar-refractivity contribution >= 4 is 51.1 Å². The van der Waals surface area contributed by atoms with Crippen molar-refractivity contribution in [2.24, 2.45) is 0 Å². The number of carbonyl (C=O) groups is 1. The molecule has 4 aliphatic rings. The molecule has 12 nitrogen and oxygen atoms in total. The van der Waals surface area contributed by atoms with E-state index in [9.17, 15) is 9.18 Å². The molecule has 4 aliphatic heterocycles. The normalized spacial score (nSPS) is 23.8. The standard InChI is InChI=1S/C39H39ClF2N8O4/c1-38(20-52-21-38)36-44-29(54-47-36)10-11-30(51)49-15-12-25(19-49)48(2)35-27-17-43-33(26-8-3-6-23-7-4-9-28(40)31(23)26)32(42)34(27)45-37(46-35)53-22-39-13-5-14-50(39)18-24(41)16-39/h3-4,6-11,17,24-25H,5,12-16,18-22H2,1-2H3/b11-10+/t24?,25?,39-/m0/s1. The molecule has 0 spiro atoms. The van der Waals surface area contributed by atoms with Crippen LogP contribution in [-0.2, 0) is 14.9 Å². The van der Waals surface area contributed by atoms with Crippen LogP contribution >= 0.6 is 11.6 Å². The van der Waals surface area contributed by atoms with Crippen molar-refractivity contribution in [3.63, 3.8) is 0 Å². The largest absolute Gasteiger partial charge is 0.461 e. The predicted molar refractivity (Wildman–Crippen MR) is 199 cm³/mol. The molecular weight excluding hydrogens is 718 g/mol. The first kappa shape index (κ1) is 34.9. The van der Waals surface area contributed by atoms with E-state index in [0.717, 1.165) is 24.8 Å². The van der Waals surface area contributed by atoms with Crippen molar-refractivity contribution in [1.29, 1.82) is 0 Å². The predicted octanol–water partition coefficient (Wildman–Crippen LogP) is 6.01. The van der Waals surface area contributed by atoms with E-state index in [4.69, 9.17) is 30.6 Å². The highest BCUT2D eigenvalue weighted by atomic mass is 35.5. The van der Waals surface area contributed by atoms with Crippen LogP contribution in [0.5, 0.6) is 6.01 Å². The molecule has 3 aromatic heterocycles. The quantitative estimate of drug-likeness (QED) is 0.164. The molecule has 0 radical (unpaired) electrons. The van der Waals surface area contributed by atoms with E-state index in [1.54, 1.807) is 23.2 Å². The molecule has 0 aliphatic carbocycles. The summed E-state index contributed by atoms with van der Waals surface area (Å²) < 4.78 is 48.4. The zero-order valence-electron chi connectivity index (χ0n) is 30.0. The van der Waals surface area contributed by atoms with E-state index in [1.165, 1.54) is 12.2 Å². The fourth-order valence-electron chi connectivity index (χ4n) is 8.45. The summed E-state index contributed by atoms with van der Waals surface area (Å²) in [5, 5.41) is 6.47. The molecule has 7 heterocycles. The van der Waals surface area contributed by atoms with Crippen molar-refractivity contribution in [1.82, 2.24) is 34.9 Å². The van der Waals surface area contributed by atoms with E-state index in [0.29, 0.717) is 78.7 Å². The number of alkyl halides is 1. The Morgan fingerprint density at radius 1 is 1.15 bits per heavy atom. The fourth-order valence-corrected chi connectivity index (χ4v) is 8.73. The van der Waals surface area contributed by atoms with Crippen molar-refractivity contribution in [2.75, 3.05) is 57.9 Å². The second-order valence-electron chi connectivity index (χ2n) is 15.2. The van der Waals surface area contributed by atoms with Gasteiger partial charge in [0.05, 0.1) is 29.6 Å². The molecule has 0 bridgehead atoms. The number of carbonyl (C=O) groups excluding carboxylic acids is 1. The first-order valence-corrected chi connectivity index (χ1v) is 18.7. The second kappa shape index (κ2) is 13.5. The first-order chi connectivity index (χ1) is 26.1. The minimum Gasteiger partial charge on any atom is -0.461 e. The van der Waals surface area contributed by atoms with E-state index >= 15 is 4.39 Å². The van der Waals surface area contributed by atoms with Gasteiger partial charge in [-0.05, 0) is 44.2 Å². The maximum Gasteiger partial charge on any atom is 0.319 e. The molecule has 2 unspecified atom stereocenters. The number of benzene rings is 2. The molecule has 0 N–H and O–H groups in total. The molecule has 2 aromatic carbocycles. The van der Waals surface area contributed by atoms with E-state index in [2.05, 4.69) is 25.0 Å². The third kappa shape index (κ3) is 6.04. The SMILES string of the molecule is CN(c1nc(OC[C@@]23CCCN2CC(F)C3)nc2c(F)c(-c3cccc4cccc(Cl)c34)ncc12)C1CCN(C(=O)/C=C/c2nc(C3(C)COC3)no2)C1. The lowest BCUT2D eigenvalue weighted by Crippen LogP contribution is -2.44. The van der Waals surface area contributed by atoms with Crippen molar-refractivity contribution in [3.8, 4) is 17.3 Å². The number of pyridine rings is 1. The van der Waals surface area contributed by atoms with Crippen LogP contribution in [0.2, 0.25) is 5.02 Å². The van der Waals surface area contributed by atoms with Crippen LogP contribution in [-0.4, -0.2) is 112 Å². The Kier molecular flexibility index (Phi) is 8.74. The van der Waals surface area contributed by atoms with Crippen molar-refractivity contribution in [2.45, 2.75) is 55.8 Å². The molecule has 9 rings (SSSR count). The van der Waals surface area contributed by atoms with Gasteiger partial charge in [0.2, 0.25) is 5.91 Å². The van der Waals surface area contributed by atoms with Crippen LogP contribution in [0.25, 0.3) is 39.0 Å². The Labute approximate surface area is 315 Å². The van der Waals surface area contributed by atoms with Gasteiger partial charge in [-0.2, -0.15) is 15.0 Å². The number of nitrogens with zero attached hydrogens (tertiary/aromatic N) is 8. The number of anilines is 1. The highest BCUT2D eigenvalue weighted by Crippen LogP contribution is 2.41. The Hall–Kier alpha value is -4.79. The number of rotatable bonds is 9. The Balaban J connectivity index is 1.02. The monoisotopic (exact) mass is 756 g/mol. The summed E-state index contributed by atoms with van der Waals surface area (Å²) in [7, 11) is 1.86. The summed E-state index contributed by atoms with van der Waals surface area (Å²) in [5.74, 6) is 0.386. The molecule has 4 fully saturated rings. The number of amides is 1. The first-order valence-electron chi connectivity index (χ1n) is 18.3. The van der Waals surface area contributed by atoms with Gasteiger partial charge in [0, 0.05) is 73.5 Å². The van der Waals surface area contributed by atoms with Crippen LogP contribution in [0.15, 0.2) is 53.2 Å². The van der Waals surface area contributed by atoms with Crippen molar-refractivity contribution < 1.29 is 27.6 Å². The van der Waals surface area contributed by atoms with Gasteiger partial charge in [0.25, 0.3) is 5.89 Å². The lowest BCUT2D eigenvalue weighted by Gasteiger charge is -2.34. The molecule has 1 amide bonds. The lowest BCUT2D eigenvalue weighted by molar-refractivity contribution is -0.124. The van der Waals surface area contributed by atoms with E-state index < -0.39 is 17.5 Å². The number of fused-ring (bicyclic) bond motifs is 3. The third-order valence-electron chi connectivity index (χ3n) is 11.5. The van der Waals surface area contributed by atoms with Gasteiger partial charge >= 0.3 is 6.01 Å². The van der Waals surface area contributed by atoms with Crippen LogP contribution < -0.4 is 9.64 Å². The maximum absolute atomic E-state index is 16.9. The molecule has 0 saturated carbocycles. The van der Waals surface area contributed by atoms with Crippen LogP contribution in [0, 0.1) is 5.82 Å². The van der Waals surface area contributed by atoms with Crippen LogP contribution in [0.4, 0.5) is 14.6 Å². The topological polar surface area (TPSA) is 123 Å². The van der Waals surface area contributed by atoms with Gasteiger partial charge in [-0.1, -0.05) is 47.1 Å². The highest BCUT2D eigenvalue weighted by molar-refractivity contribution is 6.36. The summed E-state index contributed by atoms with van der Waals surface area (Å²) in [6.07, 6.45) is 6.38. The summed E-state index contributed by atoms with van der Waals surface area (Å²) in [6, 6.07) is 10.9. The average molecular weight is 757 g/mol. The van der Waals surface area contributed by atoms with Gasteiger partial charge in [0.15, 0.2) is 11.6 Å². The van der Waals surface area contributed by atoms with Crippen molar-refractivity contribution in [3.05, 3.63) is 71.2 Å². The summed E-state index contributed by atoms with van der Waals surface area (Å²) in [4.78, 5) is 37.6. The minimum atomic E-state index is -0.926. The van der Waals surface area contributed by atoms with Crippen LogP contribution in [0.1, 0.15) is 44.3 Å². The van der Waals surface area contributed by atoms with Gasteiger partial charge in [-0.15, -0.1) is 0 Å². The number of hydrogen-bond donors (Lipinski definition) is 0. The zero-order valence-corrected chi connectivity index (χ0v) is 30.7. The molecule has 280 valence electrons. The molecule has 3 atom stereocenters. The number of ether oxygens (including phenoxy) is 2. The molecule has 15 heteroatoms. The molecule has 4 saturated heterocycles. The summed E-state index contributed by atoms with van der Waals surface area (Å²) in [6.45, 7) is 5.31. The number of hydrogen-bond acceptors (Lipinski definition) is 11. The third-order valence-corrected chi connectivity index (χ3v) is 11.8. The number of likely N-dealkylation sites (N-methyl/N-ethyl adjacent to an activating group) is 1. The highest BCUT2D eigenvalue weighted by Gasteiger charge is 2.49. The Morgan fingerprint density at radius 3 is 2.80 bits per heavy atom. The Morgan fingerprint density at radius 2 is 1.98 bits per heavy atom. The fraction of sp³-hybridized carbons (Fsp3) is 0.436. The van der Waals surface area contributed by atoms with Gasteiger partial charge < -0.3 is 23.8 Å². The van der Waals surface area contributed by atoms with Gasteiger partial charge in [-0.3, -0.25) is 14.7 Å². The average Bonchev–Trinajstić information content (AvgIpc) is 3.97. The lowest BCUT2D eigenvalue weighted by atomic mass is 9.88. The zero-order chi connectivity index (χ0) is 37.2. The summed E-state index contributed by atoms with van der Waals surface area (Å²) >= 11 is 6.63. The Bertz CT molecular complexity index is 2300. The van der Waals surface area contributed by atoms with E-state index in [-0.39, 0.29) is 47.1 Å². The molecule has 5 aromatic rings. The minimum absolute atomic E-state index is 0.00463. The maximum atomic E-state index is 16.9. The summed E-state index contributed by atoms with van der Waals surface area (Å²) in [5.41, 5.74) is -0.0469. The smallest absolute Gasteiger partial charge is 0.319 e.